The molecule has 23 heavy (non-hydrogen) atoms. The van der Waals surface area contributed by atoms with Crippen LogP contribution < -0.4 is 15.8 Å². The number of carbonyl (C=O) groups excluding carboxylic acids is 1. The minimum atomic E-state index is -0.0334. The molecule has 2 aromatic rings. The summed E-state index contributed by atoms with van der Waals surface area (Å²) < 4.78 is 5.18. The largest absolute Gasteiger partial charge is 0.497 e. The molecule has 0 saturated heterocycles. The van der Waals surface area contributed by atoms with Crippen LogP contribution in [0.4, 0.5) is 0 Å². The van der Waals surface area contributed by atoms with E-state index < -0.39 is 0 Å². The van der Waals surface area contributed by atoms with Crippen molar-refractivity contribution in [3.05, 3.63) is 40.1 Å². The van der Waals surface area contributed by atoms with E-state index in [0.29, 0.717) is 12.5 Å². The quantitative estimate of drug-likeness (QED) is 0.855. The van der Waals surface area contributed by atoms with Gasteiger partial charge in [0.05, 0.1) is 12.0 Å². The fraction of sp³-hybridized carbons (Fsp3) is 0.389. The van der Waals surface area contributed by atoms with Crippen molar-refractivity contribution in [2.75, 3.05) is 13.7 Å². The molecular formula is C18H22N2O2S. The van der Waals surface area contributed by atoms with Crippen molar-refractivity contribution < 1.29 is 9.53 Å². The number of nitrogens with two attached hydrogens (primary N) is 1. The van der Waals surface area contributed by atoms with E-state index in [0.717, 1.165) is 26.6 Å². The summed E-state index contributed by atoms with van der Waals surface area (Å²) in [5, 5.41) is 2.96. The molecule has 122 valence electrons. The van der Waals surface area contributed by atoms with E-state index in [1.807, 2.05) is 37.3 Å². The molecule has 1 aromatic heterocycles. The Balaban J connectivity index is 1.70. The highest BCUT2D eigenvalue weighted by molar-refractivity contribution is 7.14. The lowest BCUT2D eigenvalue weighted by Crippen LogP contribution is -2.38. The van der Waals surface area contributed by atoms with Gasteiger partial charge in [-0.25, -0.2) is 0 Å². The van der Waals surface area contributed by atoms with Crippen molar-refractivity contribution in [1.82, 2.24) is 5.32 Å². The zero-order chi connectivity index (χ0) is 16.4. The number of aryl methyl sites for hydroxylation is 1. The molecule has 1 amide bonds. The highest BCUT2D eigenvalue weighted by Gasteiger charge is 2.28. The summed E-state index contributed by atoms with van der Waals surface area (Å²) in [5.74, 6) is 1.39. The molecule has 1 aliphatic rings. The molecule has 4 nitrogen and oxygen atoms in total. The molecule has 1 aromatic carbocycles. The number of amides is 1. The van der Waals surface area contributed by atoms with Crippen molar-refractivity contribution in [1.29, 1.82) is 0 Å². The van der Waals surface area contributed by atoms with Gasteiger partial charge in [-0.05, 0) is 55.0 Å². The molecule has 1 aliphatic carbocycles. The van der Waals surface area contributed by atoms with Crippen LogP contribution >= 0.6 is 11.3 Å². The van der Waals surface area contributed by atoms with E-state index in [1.54, 1.807) is 7.11 Å². The predicted molar refractivity (Wildman–Crippen MR) is 94.1 cm³/mol. The van der Waals surface area contributed by atoms with Crippen molar-refractivity contribution in [2.45, 2.75) is 25.8 Å². The molecule has 0 spiro atoms. The number of benzene rings is 1. The Hall–Kier alpha value is -1.85. The highest BCUT2D eigenvalue weighted by Crippen LogP contribution is 2.33. The maximum Gasteiger partial charge on any atom is 0.261 e. The maximum atomic E-state index is 12.3. The van der Waals surface area contributed by atoms with Crippen LogP contribution in [-0.4, -0.2) is 25.6 Å². The molecule has 3 N–H and O–H groups in total. The van der Waals surface area contributed by atoms with E-state index in [2.05, 4.69) is 5.32 Å². The Morgan fingerprint density at radius 3 is 2.70 bits per heavy atom. The third-order valence-electron chi connectivity index (χ3n) is 4.27. The summed E-state index contributed by atoms with van der Waals surface area (Å²) in [7, 11) is 1.65. The standard InChI is InChI=1S/C18H22N2O2S/c1-11-15(12-5-7-14(22-2)8-6-12)9-17(23-11)18(21)20-10-16(19)13-3-4-13/h5-9,13,16H,3-4,10,19H2,1-2H3,(H,20,21). The van der Waals surface area contributed by atoms with E-state index in [1.165, 1.54) is 24.2 Å². The SMILES string of the molecule is COc1ccc(-c2cc(C(=O)NCC(N)C3CC3)sc2C)cc1. The van der Waals surface area contributed by atoms with E-state index in [-0.39, 0.29) is 11.9 Å². The van der Waals surface area contributed by atoms with E-state index in [9.17, 15) is 4.79 Å². The summed E-state index contributed by atoms with van der Waals surface area (Å²) in [6.07, 6.45) is 2.38. The van der Waals surface area contributed by atoms with Gasteiger partial charge in [-0.1, -0.05) is 12.1 Å². The van der Waals surface area contributed by atoms with Gasteiger partial charge in [-0.15, -0.1) is 11.3 Å². The Morgan fingerprint density at radius 1 is 1.39 bits per heavy atom. The van der Waals surface area contributed by atoms with Gasteiger partial charge >= 0.3 is 0 Å². The minimum absolute atomic E-state index is 0.0334. The summed E-state index contributed by atoms with van der Waals surface area (Å²) in [6.45, 7) is 2.59. The fourth-order valence-electron chi connectivity index (χ4n) is 2.64. The topological polar surface area (TPSA) is 64.3 Å². The zero-order valence-electron chi connectivity index (χ0n) is 13.5. The van der Waals surface area contributed by atoms with Gasteiger partial charge in [-0.2, -0.15) is 0 Å². The number of thiophene rings is 1. The van der Waals surface area contributed by atoms with Gasteiger partial charge in [0, 0.05) is 17.5 Å². The molecule has 0 aliphatic heterocycles. The Bertz CT molecular complexity index is 690. The van der Waals surface area contributed by atoms with Crippen LogP contribution in [0.15, 0.2) is 30.3 Å². The van der Waals surface area contributed by atoms with Crippen LogP contribution in [0.2, 0.25) is 0 Å². The Labute approximate surface area is 140 Å². The van der Waals surface area contributed by atoms with Crippen LogP contribution in [0.1, 0.15) is 27.4 Å². The molecule has 1 fully saturated rings. The molecule has 0 radical (unpaired) electrons. The first-order chi connectivity index (χ1) is 11.1. The number of hydrogen-bond acceptors (Lipinski definition) is 4. The van der Waals surface area contributed by atoms with Crippen molar-refractivity contribution in [3.63, 3.8) is 0 Å². The summed E-state index contributed by atoms with van der Waals surface area (Å²) in [4.78, 5) is 14.2. The van der Waals surface area contributed by atoms with Gasteiger partial charge < -0.3 is 15.8 Å². The van der Waals surface area contributed by atoms with Gasteiger partial charge in [0.2, 0.25) is 0 Å². The number of carbonyl (C=O) groups is 1. The van der Waals surface area contributed by atoms with Gasteiger partial charge in [0.1, 0.15) is 5.75 Å². The van der Waals surface area contributed by atoms with Crippen molar-refractivity contribution in [3.8, 4) is 16.9 Å². The predicted octanol–water partition coefficient (Wildman–Crippen LogP) is 3.20. The van der Waals surface area contributed by atoms with Crippen LogP contribution in [0, 0.1) is 12.8 Å². The van der Waals surface area contributed by atoms with Crippen LogP contribution in [-0.2, 0) is 0 Å². The molecule has 1 unspecified atom stereocenters. The van der Waals surface area contributed by atoms with Crippen LogP contribution in [0.3, 0.4) is 0 Å². The second kappa shape index (κ2) is 6.72. The highest BCUT2D eigenvalue weighted by atomic mass is 32.1. The number of hydrogen-bond donors (Lipinski definition) is 2. The monoisotopic (exact) mass is 330 g/mol. The number of rotatable bonds is 6. The third-order valence-corrected chi connectivity index (χ3v) is 5.32. The Kier molecular flexibility index (Phi) is 4.68. The van der Waals surface area contributed by atoms with Gasteiger partial charge in [-0.3, -0.25) is 4.79 Å². The summed E-state index contributed by atoms with van der Waals surface area (Å²) >= 11 is 1.52. The van der Waals surface area contributed by atoms with E-state index >= 15 is 0 Å². The van der Waals surface area contributed by atoms with Crippen molar-refractivity contribution >= 4 is 17.2 Å². The minimum Gasteiger partial charge on any atom is -0.497 e. The molecule has 1 atom stereocenters. The summed E-state index contributed by atoms with van der Waals surface area (Å²) in [6, 6.07) is 9.93. The lowest BCUT2D eigenvalue weighted by molar-refractivity contribution is 0.0954. The number of methoxy groups -OCH3 is 1. The smallest absolute Gasteiger partial charge is 0.261 e. The molecule has 1 heterocycles. The molecule has 3 rings (SSSR count). The average Bonchev–Trinajstić information content (AvgIpc) is 3.35. The average molecular weight is 330 g/mol. The Morgan fingerprint density at radius 2 is 2.09 bits per heavy atom. The third kappa shape index (κ3) is 3.74. The van der Waals surface area contributed by atoms with Gasteiger partial charge in [0.25, 0.3) is 5.91 Å². The van der Waals surface area contributed by atoms with Crippen LogP contribution in [0.5, 0.6) is 5.75 Å². The van der Waals surface area contributed by atoms with Crippen LogP contribution in [0.25, 0.3) is 11.1 Å². The first-order valence-corrected chi connectivity index (χ1v) is 8.68. The molecule has 1 saturated carbocycles. The maximum absolute atomic E-state index is 12.3. The first kappa shape index (κ1) is 16.0. The van der Waals surface area contributed by atoms with Gasteiger partial charge in [0.15, 0.2) is 0 Å². The fourth-order valence-corrected chi connectivity index (χ4v) is 3.60. The normalized spacial score (nSPS) is 15.3. The first-order valence-electron chi connectivity index (χ1n) is 7.87. The van der Waals surface area contributed by atoms with Crippen molar-refractivity contribution in [2.24, 2.45) is 11.7 Å². The van der Waals surface area contributed by atoms with E-state index in [4.69, 9.17) is 10.5 Å². The number of nitrogens with one attached hydrogen (secondary N) is 1. The number of ether oxygens (including phenoxy) is 1. The molecular weight excluding hydrogens is 308 g/mol. The lowest BCUT2D eigenvalue weighted by atomic mass is 10.1. The molecule has 0 bridgehead atoms. The second-order valence-electron chi connectivity index (χ2n) is 6.02. The molecule has 5 heteroatoms. The summed E-state index contributed by atoms with van der Waals surface area (Å²) in [5.41, 5.74) is 8.22. The lowest BCUT2D eigenvalue weighted by Gasteiger charge is -2.10. The zero-order valence-corrected chi connectivity index (χ0v) is 14.3. The second-order valence-corrected chi connectivity index (χ2v) is 7.28.